The van der Waals surface area contributed by atoms with E-state index < -0.39 is 0 Å². The molecule has 104 valence electrons. The Hall–Kier alpha value is -1.62. The molecular weight excluding hydrogens is 245 g/mol. The first-order valence-corrected chi connectivity index (χ1v) is 6.60. The van der Waals surface area contributed by atoms with Crippen LogP contribution in [0.4, 0.5) is 10.1 Å². The number of piperidine rings is 1. The molecule has 1 heterocycles. The molecule has 1 atom stereocenters. The van der Waals surface area contributed by atoms with Crippen LogP contribution < -0.4 is 16.0 Å². The van der Waals surface area contributed by atoms with E-state index in [4.69, 9.17) is 5.73 Å². The second kappa shape index (κ2) is 6.02. The fraction of sp³-hybridized carbons (Fsp3) is 0.500. The standard InChI is InChI=1S/C14H20FN3O/c1-10-7-11(15)4-5-13(10)18-6-2-3-12(9-18)17-14(19)8-16/h4-5,7,12H,2-3,6,8-9,16H2,1H3,(H,17,19). The van der Waals surface area contributed by atoms with Gasteiger partial charge in [-0.3, -0.25) is 4.79 Å². The number of benzene rings is 1. The molecule has 0 bridgehead atoms. The van der Waals surface area contributed by atoms with E-state index in [1.807, 2.05) is 6.92 Å². The Bertz CT molecular complexity index is 464. The molecule has 1 saturated heterocycles. The molecule has 19 heavy (non-hydrogen) atoms. The number of aryl methyl sites for hydroxylation is 1. The van der Waals surface area contributed by atoms with Crippen molar-refractivity contribution < 1.29 is 9.18 Å². The molecule has 5 heteroatoms. The zero-order valence-electron chi connectivity index (χ0n) is 11.2. The maximum Gasteiger partial charge on any atom is 0.234 e. The average Bonchev–Trinajstić information content (AvgIpc) is 2.39. The Morgan fingerprint density at radius 3 is 3.05 bits per heavy atom. The van der Waals surface area contributed by atoms with E-state index in [-0.39, 0.29) is 24.3 Å². The maximum atomic E-state index is 13.1. The minimum absolute atomic E-state index is 0.0199. The van der Waals surface area contributed by atoms with Crippen LogP contribution in [0, 0.1) is 12.7 Å². The summed E-state index contributed by atoms with van der Waals surface area (Å²) < 4.78 is 13.1. The molecule has 1 fully saturated rings. The second-order valence-electron chi connectivity index (χ2n) is 4.99. The van der Waals surface area contributed by atoms with Crippen molar-refractivity contribution in [3.63, 3.8) is 0 Å². The minimum atomic E-state index is -0.216. The summed E-state index contributed by atoms with van der Waals surface area (Å²) in [5.74, 6) is -0.339. The predicted octanol–water partition coefficient (Wildman–Crippen LogP) is 1.18. The summed E-state index contributed by atoms with van der Waals surface area (Å²) in [7, 11) is 0. The molecule has 0 saturated carbocycles. The van der Waals surface area contributed by atoms with Crippen molar-refractivity contribution in [2.24, 2.45) is 5.73 Å². The van der Waals surface area contributed by atoms with Crippen LogP contribution >= 0.6 is 0 Å². The van der Waals surface area contributed by atoms with Crippen LogP contribution in [-0.4, -0.2) is 31.6 Å². The Labute approximate surface area is 112 Å². The number of halogens is 1. The molecule has 0 aromatic heterocycles. The van der Waals surface area contributed by atoms with Crippen LogP contribution in [0.15, 0.2) is 18.2 Å². The molecule has 1 aliphatic heterocycles. The molecule has 1 unspecified atom stereocenters. The van der Waals surface area contributed by atoms with Crippen LogP contribution in [0.1, 0.15) is 18.4 Å². The van der Waals surface area contributed by atoms with Gasteiger partial charge in [0.05, 0.1) is 6.54 Å². The zero-order valence-corrected chi connectivity index (χ0v) is 11.2. The van der Waals surface area contributed by atoms with Gasteiger partial charge in [0.15, 0.2) is 0 Å². The van der Waals surface area contributed by atoms with E-state index in [0.717, 1.165) is 37.2 Å². The Morgan fingerprint density at radius 2 is 2.37 bits per heavy atom. The number of anilines is 1. The fourth-order valence-electron chi connectivity index (χ4n) is 2.57. The lowest BCUT2D eigenvalue weighted by Crippen LogP contribution is -2.49. The van der Waals surface area contributed by atoms with Crippen molar-refractivity contribution in [2.45, 2.75) is 25.8 Å². The van der Waals surface area contributed by atoms with Gasteiger partial charge in [-0.25, -0.2) is 4.39 Å². The van der Waals surface area contributed by atoms with Gasteiger partial charge in [0, 0.05) is 24.8 Å². The molecule has 4 nitrogen and oxygen atoms in total. The normalized spacial score (nSPS) is 19.3. The monoisotopic (exact) mass is 265 g/mol. The van der Waals surface area contributed by atoms with Crippen molar-refractivity contribution in [2.75, 3.05) is 24.5 Å². The average molecular weight is 265 g/mol. The summed E-state index contributed by atoms with van der Waals surface area (Å²) in [5.41, 5.74) is 7.27. The maximum absolute atomic E-state index is 13.1. The highest BCUT2D eigenvalue weighted by Crippen LogP contribution is 2.24. The minimum Gasteiger partial charge on any atom is -0.369 e. The highest BCUT2D eigenvalue weighted by Gasteiger charge is 2.22. The van der Waals surface area contributed by atoms with Gasteiger partial charge < -0.3 is 16.0 Å². The van der Waals surface area contributed by atoms with Crippen molar-refractivity contribution in [1.29, 1.82) is 0 Å². The third-order valence-electron chi connectivity index (χ3n) is 3.47. The van der Waals surface area contributed by atoms with Crippen molar-refractivity contribution in [3.05, 3.63) is 29.6 Å². The first-order valence-electron chi connectivity index (χ1n) is 6.60. The molecule has 1 aromatic rings. The van der Waals surface area contributed by atoms with Crippen molar-refractivity contribution in [1.82, 2.24) is 5.32 Å². The van der Waals surface area contributed by atoms with Crippen LogP contribution in [0.5, 0.6) is 0 Å². The summed E-state index contributed by atoms with van der Waals surface area (Å²) in [6.45, 7) is 3.60. The second-order valence-corrected chi connectivity index (χ2v) is 4.99. The van der Waals surface area contributed by atoms with E-state index in [2.05, 4.69) is 10.2 Å². The Kier molecular flexibility index (Phi) is 4.37. The number of carbonyl (C=O) groups is 1. The summed E-state index contributed by atoms with van der Waals surface area (Å²) in [6, 6.07) is 4.94. The van der Waals surface area contributed by atoms with Crippen molar-refractivity contribution in [3.8, 4) is 0 Å². The van der Waals surface area contributed by atoms with Gasteiger partial charge in [-0.05, 0) is 43.5 Å². The van der Waals surface area contributed by atoms with Gasteiger partial charge in [0.2, 0.25) is 5.91 Å². The SMILES string of the molecule is Cc1cc(F)ccc1N1CCCC(NC(=O)CN)C1. The third-order valence-corrected chi connectivity index (χ3v) is 3.47. The molecule has 0 radical (unpaired) electrons. The van der Waals surface area contributed by atoms with E-state index in [1.54, 1.807) is 6.07 Å². The molecule has 3 N–H and O–H groups in total. The van der Waals surface area contributed by atoms with E-state index in [1.165, 1.54) is 12.1 Å². The summed E-state index contributed by atoms with van der Waals surface area (Å²) in [4.78, 5) is 13.5. The number of nitrogens with zero attached hydrogens (tertiary/aromatic N) is 1. The molecule has 1 aromatic carbocycles. The highest BCUT2D eigenvalue weighted by atomic mass is 19.1. The number of nitrogens with two attached hydrogens (primary N) is 1. The lowest BCUT2D eigenvalue weighted by atomic mass is 10.0. The van der Waals surface area contributed by atoms with E-state index in [9.17, 15) is 9.18 Å². The fourth-order valence-corrected chi connectivity index (χ4v) is 2.57. The van der Waals surface area contributed by atoms with Crippen molar-refractivity contribution >= 4 is 11.6 Å². The quantitative estimate of drug-likeness (QED) is 0.862. The van der Waals surface area contributed by atoms with Crippen LogP contribution in [0.25, 0.3) is 0 Å². The van der Waals surface area contributed by atoms with Gasteiger partial charge in [-0.2, -0.15) is 0 Å². The van der Waals surface area contributed by atoms with Gasteiger partial charge in [-0.15, -0.1) is 0 Å². The number of hydrogen-bond acceptors (Lipinski definition) is 3. The molecule has 1 amide bonds. The van der Waals surface area contributed by atoms with Crippen LogP contribution in [0.2, 0.25) is 0 Å². The topological polar surface area (TPSA) is 58.4 Å². The lowest BCUT2D eigenvalue weighted by molar-refractivity contribution is -0.120. The molecule has 2 rings (SSSR count). The molecular formula is C14H20FN3O. The van der Waals surface area contributed by atoms with Gasteiger partial charge in [-0.1, -0.05) is 0 Å². The molecule has 1 aliphatic rings. The highest BCUT2D eigenvalue weighted by molar-refractivity contribution is 5.78. The van der Waals surface area contributed by atoms with Gasteiger partial charge in [0.1, 0.15) is 5.82 Å². The van der Waals surface area contributed by atoms with E-state index >= 15 is 0 Å². The Morgan fingerprint density at radius 1 is 1.58 bits per heavy atom. The number of nitrogens with one attached hydrogen (secondary N) is 1. The predicted molar refractivity (Wildman–Crippen MR) is 73.6 cm³/mol. The van der Waals surface area contributed by atoms with Crippen LogP contribution in [-0.2, 0) is 4.79 Å². The number of carbonyl (C=O) groups excluding carboxylic acids is 1. The van der Waals surface area contributed by atoms with Gasteiger partial charge >= 0.3 is 0 Å². The third kappa shape index (κ3) is 3.44. The number of rotatable bonds is 3. The number of hydrogen-bond donors (Lipinski definition) is 2. The number of amides is 1. The summed E-state index contributed by atoms with van der Waals surface area (Å²) in [6.07, 6.45) is 1.97. The summed E-state index contributed by atoms with van der Waals surface area (Å²) in [5, 5.41) is 2.92. The lowest BCUT2D eigenvalue weighted by Gasteiger charge is -2.35. The Balaban J connectivity index is 2.06. The van der Waals surface area contributed by atoms with Gasteiger partial charge in [0.25, 0.3) is 0 Å². The summed E-state index contributed by atoms with van der Waals surface area (Å²) >= 11 is 0. The molecule has 0 aliphatic carbocycles. The van der Waals surface area contributed by atoms with E-state index in [0.29, 0.717) is 0 Å². The zero-order chi connectivity index (χ0) is 13.8. The van der Waals surface area contributed by atoms with Crippen LogP contribution in [0.3, 0.4) is 0 Å². The largest absolute Gasteiger partial charge is 0.369 e. The smallest absolute Gasteiger partial charge is 0.234 e. The first kappa shape index (κ1) is 13.8. The first-order chi connectivity index (χ1) is 9.10. The molecule has 0 spiro atoms.